The predicted octanol–water partition coefficient (Wildman–Crippen LogP) is 1.16. The Morgan fingerprint density at radius 3 is 2.69 bits per heavy atom. The molecule has 0 saturated heterocycles. The Labute approximate surface area is 95.9 Å². The van der Waals surface area contributed by atoms with Gasteiger partial charge < -0.3 is 14.9 Å². The fourth-order valence-electron chi connectivity index (χ4n) is 1.73. The summed E-state index contributed by atoms with van der Waals surface area (Å²) in [4.78, 5) is 11.3. The maximum absolute atomic E-state index is 11.3. The summed E-state index contributed by atoms with van der Waals surface area (Å²) in [6, 6.07) is 0. The summed E-state index contributed by atoms with van der Waals surface area (Å²) in [5.41, 5.74) is 0. The third-order valence-corrected chi connectivity index (χ3v) is 2.75. The van der Waals surface area contributed by atoms with Gasteiger partial charge in [0.25, 0.3) is 0 Å². The molecular weight excluding hydrogens is 208 g/mol. The molecule has 0 radical (unpaired) electrons. The van der Waals surface area contributed by atoms with E-state index in [-0.39, 0.29) is 6.10 Å². The minimum Gasteiger partial charge on any atom is -0.460 e. The summed E-state index contributed by atoms with van der Waals surface area (Å²) in [6.07, 6.45) is 4.87. The first-order valence-corrected chi connectivity index (χ1v) is 5.84. The Hall–Kier alpha value is -0.870. The van der Waals surface area contributed by atoms with Crippen molar-refractivity contribution in [3.05, 3.63) is 12.2 Å². The molecule has 0 aromatic rings. The van der Waals surface area contributed by atoms with Crippen LogP contribution in [-0.4, -0.2) is 34.5 Å². The molecule has 4 heteroatoms. The molecule has 1 aliphatic heterocycles. The van der Waals surface area contributed by atoms with Crippen molar-refractivity contribution >= 4 is 5.97 Å². The topological polar surface area (TPSA) is 66.8 Å². The van der Waals surface area contributed by atoms with Gasteiger partial charge in [-0.2, -0.15) is 0 Å². The van der Waals surface area contributed by atoms with Crippen molar-refractivity contribution < 1.29 is 19.7 Å². The molecule has 0 fully saturated rings. The number of carbonyl (C=O) groups excluding carboxylic acids is 1. The molecular formula is C12H20O4. The van der Waals surface area contributed by atoms with E-state index in [2.05, 4.69) is 0 Å². The van der Waals surface area contributed by atoms with Gasteiger partial charge in [0.15, 0.2) is 0 Å². The Morgan fingerprint density at radius 2 is 1.94 bits per heavy atom. The maximum Gasteiger partial charge on any atom is 0.330 e. The first-order chi connectivity index (χ1) is 7.59. The highest BCUT2D eigenvalue weighted by atomic mass is 16.5. The lowest BCUT2D eigenvalue weighted by atomic mass is 10.0. The minimum absolute atomic E-state index is 0.0846. The quantitative estimate of drug-likeness (QED) is 0.611. The zero-order chi connectivity index (χ0) is 12.0. The van der Waals surface area contributed by atoms with Crippen molar-refractivity contribution in [2.45, 2.75) is 57.3 Å². The standard InChI is InChI=1S/C12H20O4/c1-9-5-3-2-4-6-10(13)11(14)7-8-12(15)16-9/h7-11,13-14H,2-6H2,1H3/b8-7-/t9-,10?,11-/m1/s1. The van der Waals surface area contributed by atoms with E-state index in [0.29, 0.717) is 6.42 Å². The van der Waals surface area contributed by atoms with Gasteiger partial charge in [-0.3, -0.25) is 0 Å². The average Bonchev–Trinajstić information content (AvgIpc) is 2.23. The van der Waals surface area contributed by atoms with Crippen molar-refractivity contribution in [3.8, 4) is 0 Å². The van der Waals surface area contributed by atoms with Crippen LogP contribution in [0.4, 0.5) is 0 Å². The van der Waals surface area contributed by atoms with Gasteiger partial charge >= 0.3 is 5.97 Å². The fraction of sp³-hybridized carbons (Fsp3) is 0.750. The summed E-state index contributed by atoms with van der Waals surface area (Å²) >= 11 is 0. The summed E-state index contributed by atoms with van der Waals surface area (Å²) in [5.74, 6) is -0.459. The zero-order valence-electron chi connectivity index (χ0n) is 9.63. The van der Waals surface area contributed by atoms with Crippen LogP contribution < -0.4 is 0 Å². The van der Waals surface area contributed by atoms with Crippen LogP contribution in [0.1, 0.15) is 39.0 Å². The molecule has 0 aromatic carbocycles. The van der Waals surface area contributed by atoms with Gasteiger partial charge in [0, 0.05) is 6.08 Å². The van der Waals surface area contributed by atoms with Gasteiger partial charge in [0.2, 0.25) is 0 Å². The molecule has 3 atom stereocenters. The highest BCUT2D eigenvalue weighted by Crippen LogP contribution is 2.13. The van der Waals surface area contributed by atoms with Crippen LogP contribution in [0.15, 0.2) is 12.2 Å². The van der Waals surface area contributed by atoms with Crippen LogP contribution in [0.5, 0.6) is 0 Å². The van der Waals surface area contributed by atoms with E-state index in [1.807, 2.05) is 6.92 Å². The fourth-order valence-corrected chi connectivity index (χ4v) is 1.73. The van der Waals surface area contributed by atoms with Crippen molar-refractivity contribution in [2.75, 3.05) is 0 Å². The predicted molar refractivity (Wildman–Crippen MR) is 59.8 cm³/mol. The number of aliphatic hydroxyl groups excluding tert-OH is 2. The number of rotatable bonds is 0. The van der Waals surface area contributed by atoms with E-state index in [4.69, 9.17) is 4.74 Å². The van der Waals surface area contributed by atoms with Gasteiger partial charge in [-0.05, 0) is 32.3 Å². The van der Waals surface area contributed by atoms with Gasteiger partial charge in [-0.1, -0.05) is 12.8 Å². The second-order valence-electron chi connectivity index (χ2n) is 4.30. The van der Waals surface area contributed by atoms with Crippen LogP contribution in [-0.2, 0) is 9.53 Å². The summed E-state index contributed by atoms with van der Waals surface area (Å²) < 4.78 is 5.09. The molecule has 1 unspecified atom stereocenters. The Kier molecular flexibility index (Phi) is 5.49. The molecule has 16 heavy (non-hydrogen) atoms. The molecule has 1 aliphatic rings. The molecule has 0 aromatic heterocycles. The summed E-state index contributed by atoms with van der Waals surface area (Å²) in [7, 11) is 0. The third-order valence-electron chi connectivity index (χ3n) is 2.75. The van der Waals surface area contributed by atoms with Gasteiger partial charge in [0.05, 0.1) is 18.3 Å². The van der Waals surface area contributed by atoms with Gasteiger partial charge in [-0.25, -0.2) is 4.79 Å². The lowest BCUT2D eigenvalue weighted by Crippen LogP contribution is -2.24. The molecule has 0 spiro atoms. The van der Waals surface area contributed by atoms with Crippen molar-refractivity contribution in [3.63, 3.8) is 0 Å². The van der Waals surface area contributed by atoms with E-state index in [1.165, 1.54) is 12.2 Å². The van der Waals surface area contributed by atoms with Crippen LogP contribution in [0.2, 0.25) is 0 Å². The van der Waals surface area contributed by atoms with Crippen molar-refractivity contribution in [1.82, 2.24) is 0 Å². The smallest absolute Gasteiger partial charge is 0.330 e. The lowest BCUT2D eigenvalue weighted by molar-refractivity contribution is -0.142. The molecule has 1 rings (SSSR count). The van der Waals surface area contributed by atoms with Crippen LogP contribution in [0.25, 0.3) is 0 Å². The molecule has 2 N–H and O–H groups in total. The molecule has 0 amide bonds. The number of cyclic esters (lactones) is 1. The van der Waals surface area contributed by atoms with E-state index in [1.54, 1.807) is 0 Å². The summed E-state index contributed by atoms with van der Waals surface area (Å²) in [6.45, 7) is 1.86. The number of hydrogen-bond donors (Lipinski definition) is 2. The second kappa shape index (κ2) is 6.66. The highest BCUT2D eigenvalue weighted by Gasteiger charge is 2.15. The van der Waals surface area contributed by atoms with Crippen LogP contribution in [0.3, 0.4) is 0 Å². The van der Waals surface area contributed by atoms with Crippen molar-refractivity contribution in [1.29, 1.82) is 0 Å². The first-order valence-electron chi connectivity index (χ1n) is 5.84. The second-order valence-corrected chi connectivity index (χ2v) is 4.30. The number of esters is 1. The molecule has 4 nitrogen and oxygen atoms in total. The highest BCUT2D eigenvalue weighted by molar-refractivity contribution is 5.82. The van der Waals surface area contributed by atoms with Crippen LogP contribution in [0, 0.1) is 0 Å². The molecule has 0 bridgehead atoms. The largest absolute Gasteiger partial charge is 0.460 e. The maximum atomic E-state index is 11.3. The number of carbonyl (C=O) groups is 1. The van der Waals surface area contributed by atoms with E-state index in [0.717, 1.165) is 25.7 Å². The number of aliphatic hydroxyl groups is 2. The average molecular weight is 228 g/mol. The summed E-state index contributed by atoms with van der Waals surface area (Å²) in [5, 5.41) is 19.0. The van der Waals surface area contributed by atoms with E-state index >= 15 is 0 Å². The lowest BCUT2D eigenvalue weighted by Gasteiger charge is -2.16. The van der Waals surface area contributed by atoms with E-state index < -0.39 is 18.2 Å². The molecule has 1 heterocycles. The van der Waals surface area contributed by atoms with Crippen LogP contribution >= 0.6 is 0 Å². The molecule has 92 valence electrons. The van der Waals surface area contributed by atoms with Crippen molar-refractivity contribution in [2.24, 2.45) is 0 Å². The minimum atomic E-state index is -0.984. The monoisotopic (exact) mass is 228 g/mol. The first kappa shape index (κ1) is 13.2. The zero-order valence-corrected chi connectivity index (χ0v) is 9.63. The SMILES string of the molecule is C[C@@H]1CCCCCC(O)[C@H](O)/C=C\C(=O)O1. The Balaban J connectivity index is 2.58. The molecule has 0 saturated carbocycles. The normalized spacial score (nSPS) is 35.7. The number of ether oxygens (including phenoxy) is 1. The third kappa shape index (κ3) is 4.77. The van der Waals surface area contributed by atoms with Gasteiger partial charge in [0.1, 0.15) is 0 Å². The Morgan fingerprint density at radius 1 is 1.25 bits per heavy atom. The molecule has 0 aliphatic carbocycles. The number of hydrogen-bond acceptors (Lipinski definition) is 4. The van der Waals surface area contributed by atoms with Gasteiger partial charge in [-0.15, -0.1) is 0 Å². The van der Waals surface area contributed by atoms with E-state index in [9.17, 15) is 15.0 Å². The Bertz CT molecular complexity index is 249.